The molecule has 94 valence electrons. The van der Waals surface area contributed by atoms with Crippen LogP contribution in [0.15, 0.2) is 10.7 Å². The highest BCUT2D eigenvalue weighted by molar-refractivity contribution is 9.10. The first-order valence-corrected chi connectivity index (χ1v) is 6.86. The molecule has 1 aromatic heterocycles. The molecule has 2 N–H and O–H groups in total. The molecule has 1 aromatic rings. The fourth-order valence-corrected chi connectivity index (χ4v) is 2.69. The number of rotatable bonds is 3. The minimum atomic E-state index is -0.0818. The average molecular weight is 300 g/mol. The van der Waals surface area contributed by atoms with Gasteiger partial charge in [0.2, 0.25) is 0 Å². The fourth-order valence-electron chi connectivity index (χ4n) is 2.22. The quantitative estimate of drug-likeness (QED) is 0.842. The second-order valence-electron chi connectivity index (χ2n) is 4.68. The van der Waals surface area contributed by atoms with Crippen molar-refractivity contribution < 1.29 is 5.11 Å². The maximum atomic E-state index is 9.44. The monoisotopic (exact) mass is 299 g/mol. The van der Waals surface area contributed by atoms with Gasteiger partial charge in [0.25, 0.3) is 0 Å². The van der Waals surface area contributed by atoms with Crippen molar-refractivity contribution in [3.8, 4) is 0 Å². The standard InChI is InChI=1S/C12H18BrN3O/c1-8-15-11(13)6-12(16-8)14-7-9-2-4-10(17)5-3-9/h6,9-10,17H,2-5,7H2,1H3,(H,14,15,16). The van der Waals surface area contributed by atoms with Crippen molar-refractivity contribution in [2.75, 3.05) is 11.9 Å². The van der Waals surface area contributed by atoms with Crippen LogP contribution in [0.25, 0.3) is 0 Å². The maximum Gasteiger partial charge on any atom is 0.130 e. The van der Waals surface area contributed by atoms with Gasteiger partial charge >= 0.3 is 0 Å². The molecule has 0 aliphatic heterocycles. The molecule has 1 saturated carbocycles. The van der Waals surface area contributed by atoms with Crippen LogP contribution in [0.1, 0.15) is 31.5 Å². The van der Waals surface area contributed by atoms with Gasteiger partial charge in [-0.3, -0.25) is 0 Å². The molecular weight excluding hydrogens is 282 g/mol. The van der Waals surface area contributed by atoms with Gasteiger partial charge in [-0.25, -0.2) is 9.97 Å². The molecule has 0 unspecified atom stereocenters. The SMILES string of the molecule is Cc1nc(Br)cc(NCC2CCC(O)CC2)n1. The zero-order valence-electron chi connectivity index (χ0n) is 9.99. The van der Waals surface area contributed by atoms with Crippen molar-refractivity contribution in [2.24, 2.45) is 5.92 Å². The lowest BCUT2D eigenvalue weighted by Crippen LogP contribution is -2.23. The number of aliphatic hydroxyl groups excluding tert-OH is 1. The number of aryl methyl sites for hydroxylation is 1. The van der Waals surface area contributed by atoms with E-state index in [-0.39, 0.29) is 6.10 Å². The lowest BCUT2D eigenvalue weighted by molar-refractivity contribution is 0.111. The van der Waals surface area contributed by atoms with Crippen molar-refractivity contribution in [3.05, 3.63) is 16.5 Å². The topological polar surface area (TPSA) is 58.0 Å². The summed E-state index contributed by atoms with van der Waals surface area (Å²) in [6.07, 6.45) is 3.97. The van der Waals surface area contributed by atoms with Crippen LogP contribution >= 0.6 is 15.9 Å². The van der Waals surface area contributed by atoms with Gasteiger partial charge in [0.05, 0.1) is 6.10 Å². The maximum absolute atomic E-state index is 9.44. The van der Waals surface area contributed by atoms with E-state index in [2.05, 4.69) is 31.2 Å². The summed E-state index contributed by atoms with van der Waals surface area (Å²) in [4.78, 5) is 8.50. The van der Waals surface area contributed by atoms with Gasteiger partial charge in [-0.15, -0.1) is 0 Å². The van der Waals surface area contributed by atoms with E-state index in [9.17, 15) is 5.11 Å². The number of hydrogen-bond donors (Lipinski definition) is 2. The van der Waals surface area contributed by atoms with Crippen LogP contribution in [0.2, 0.25) is 0 Å². The third-order valence-electron chi connectivity index (χ3n) is 3.19. The van der Waals surface area contributed by atoms with Crippen LogP contribution in [-0.4, -0.2) is 27.7 Å². The molecule has 1 fully saturated rings. The smallest absolute Gasteiger partial charge is 0.130 e. The zero-order chi connectivity index (χ0) is 12.3. The first-order chi connectivity index (χ1) is 8.13. The Morgan fingerprint density at radius 3 is 2.71 bits per heavy atom. The molecule has 0 saturated heterocycles. The zero-order valence-corrected chi connectivity index (χ0v) is 11.6. The summed E-state index contributed by atoms with van der Waals surface area (Å²) in [5, 5.41) is 12.8. The predicted octanol–water partition coefficient (Wildman–Crippen LogP) is 2.51. The molecule has 0 radical (unpaired) electrons. The molecule has 1 aliphatic rings. The fraction of sp³-hybridized carbons (Fsp3) is 0.667. The largest absolute Gasteiger partial charge is 0.393 e. The van der Waals surface area contributed by atoms with Gasteiger partial charge in [0.1, 0.15) is 16.2 Å². The second kappa shape index (κ2) is 5.78. The Bertz CT molecular complexity index is 358. The molecule has 0 aromatic carbocycles. The van der Waals surface area contributed by atoms with Crippen molar-refractivity contribution in [1.82, 2.24) is 9.97 Å². The van der Waals surface area contributed by atoms with Crippen LogP contribution in [0.3, 0.4) is 0 Å². The summed E-state index contributed by atoms with van der Waals surface area (Å²) in [6.45, 7) is 2.81. The number of aromatic nitrogens is 2. The van der Waals surface area contributed by atoms with Gasteiger partial charge in [-0.2, -0.15) is 0 Å². The van der Waals surface area contributed by atoms with E-state index < -0.39 is 0 Å². The predicted molar refractivity (Wildman–Crippen MR) is 70.9 cm³/mol. The molecule has 1 aliphatic carbocycles. The molecule has 2 rings (SSSR count). The van der Waals surface area contributed by atoms with Gasteiger partial charge < -0.3 is 10.4 Å². The summed E-state index contributed by atoms with van der Waals surface area (Å²) in [6, 6.07) is 1.89. The van der Waals surface area contributed by atoms with E-state index in [0.29, 0.717) is 5.92 Å². The minimum absolute atomic E-state index is 0.0818. The Morgan fingerprint density at radius 1 is 1.35 bits per heavy atom. The molecule has 4 nitrogen and oxygen atoms in total. The molecule has 0 amide bonds. The van der Waals surface area contributed by atoms with Gasteiger partial charge in [-0.05, 0) is 54.5 Å². The highest BCUT2D eigenvalue weighted by atomic mass is 79.9. The van der Waals surface area contributed by atoms with Crippen molar-refractivity contribution in [3.63, 3.8) is 0 Å². The van der Waals surface area contributed by atoms with Crippen LogP contribution in [0.4, 0.5) is 5.82 Å². The summed E-state index contributed by atoms with van der Waals surface area (Å²) in [5.74, 6) is 2.28. The Hall–Kier alpha value is -0.680. The normalized spacial score (nSPS) is 24.6. The highest BCUT2D eigenvalue weighted by Gasteiger charge is 2.19. The van der Waals surface area contributed by atoms with Crippen LogP contribution < -0.4 is 5.32 Å². The van der Waals surface area contributed by atoms with Crippen LogP contribution in [0.5, 0.6) is 0 Å². The van der Waals surface area contributed by atoms with Crippen LogP contribution in [-0.2, 0) is 0 Å². The number of nitrogens with one attached hydrogen (secondary N) is 1. The van der Waals surface area contributed by atoms with Gasteiger partial charge in [0.15, 0.2) is 0 Å². The highest BCUT2D eigenvalue weighted by Crippen LogP contribution is 2.24. The summed E-state index contributed by atoms with van der Waals surface area (Å²) in [7, 11) is 0. The number of anilines is 1. The number of aliphatic hydroxyl groups is 1. The van der Waals surface area contributed by atoms with Crippen molar-refractivity contribution >= 4 is 21.7 Å². The summed E-state index contributed by atoms with van der Waals surface area (Å²) >= 11 is 3.36. The molecule has 1 heterocycles. The summed E-state index contributed by atoms with van der Waals surface area (Å²) < 4.78 is 0.812. The Balaban J connectivity index is 1.85. The third kappa shape index (κ3) is 3.92. The van der Waals surface area contributed by atoms with E-state index in [1.54, 1.807) is 0 Å². The Morgan fingerprint density at radius 2 is 2.06 bits per heavy atom. The van der Waals surface area contributed by atoms with Crippen molar-refractivity contribution in [2.45, 2.75) is 38.7 Å². The number of hydrogen-bond acceptors (Lipinski definition) is 4. The third-order valence-corrected chi connectivity index (χ3v) is 3.60. The van der Waals surface area contributed by atoms with E-state index in [1.807, 2.05) is 13.0 Å². The lowest BCUT2D eigenvalue weighted by atomic mass is 9.87. The van der Waals surface area contributed by atoms with E-state index in [1.165, 1.54) is 0 Å². The molecule has 5 heteroatoms. The molecule has 17 heavy (non-hydrogen) atoms. The molecule has 0 atom stereocenters. The Labute approximate surface area is 110 Å². The second-order valence-corrected chi connectivity index (χ2v) is 5.49. The number of nitrogens with zero attached hydrogens (tertiary/aromatic N) is 2. The summed E-state index contributed by atoms with van der Waals surface area (Å²) in [5.41, 5.74) is 0. The van der Waals surface area contributed by atoms with Crippen LogP contribution in [0, 0.1) is 12.8 Å². The van der Waals surface area contributed by atoms with E-state index >= 15 is 0 Å². The average Bonchev–Trinajstić information content (AvgIpc) is 2.27. The van der Waals surface area contributed by atoms with Gasteiger partial charge in [-0.1, -0.05) is 0 Å². The first kappa shape index (κ1) is 12.8. The minimum Gasteiger partial charge on any atom is -0.393 e. The molecule has 0 bridgehead atoms. The molecular formula is C12H18BrN3O. The van der Waals surface area contributed by atoms with E-state index in [4.69, 9.17) is 0 Å². The molecule has 0 spiro atoms. The number of halogens is 1. The Kier molecular flexibility index (Phi) is 4.34. The lowest BCUT2D eigenvalue weighted by Gasteiger charge is -2.25. The first-order valence-electron chi connectivity index (χ1n) is 6.06. The van der Waals surface area contributed by atoms with Gasteiger partial charge in [0, 0.05) is 12.6 Å². The van der Waals surface area contributed by atoms with E-state index in [0.717, 1.165) is 48.5 Å². The van der Waals surface area contributed by atoms with Crippen molar-refractivity contribution in [1.29, 1.82) is 0 Å².